The predicted molar refractivity (Wildman–Crippen MR) is 140 cm³/mol. The molecule has 1 aromatic carbocycles. The second-order valence-corrected chi connectivity index (χ2v) is 10.2. The largest absolute Gasteiger partial charge is 0.337 e. The molecule has 1 saturated carbocycles. The summed E-state index contributed by atoms with van der Waals surface area (Å²) >= 11 is 0. The molecule has 6 rings (SSSR count). The summed E-state index contributed by atoms with van der Waals surface area (Å²) in [6.07, 6.45) is 6.04. The number of carbonyl (C=O) groups is 2. The van der Waals surface area contributed by atoms with E-state index < -0.39 is 0 Å². The fourth-order valence-electron chi connectivity index (χ4n) is 5.31. The van der Waals surface area contributed by atoms with Gasteiger partial charge < -0.3 is 25.1 Å². The van der Waals surface area contributed by atoms with Gasteiger partial charge in [0.1, 0.15) is 5.65 Å². The Bertz CT molecular complexity index is 1500. The number of amides is 2. The maximum Gasteiger partial charge on any atom is 0.253 e. The number of benzene rings is 1. The van der Waals surface area contributed by atoms with Gasteiger partial charge in [0.15, 0.2) is 5.82 Å². The van der Waals surface area contributed by atoms with E-state index in [0.717, 1.165) is 65.2 Å². The fourth-order valence-corrected chi connectivity index (χ4v) is 5.31. The molecule has 3 N–H and O–H groups in total. The summed E-state index contributed by atoms with van der Waals surface area (Å²) in [5.74, 6) is 1.32. The van der Waals surface area contributed by atoms with E-state index in [1.54, 1.807) is 6.20 Å². The maximum absolute atomic E-state index is 13.2. The summed E-state index contributed by atoms with van der Waals surface area (Å²) < 4.78 is 4.29. The van der Waals surface area contributed by atoms with Crippen LogP contribution in [0.1, 0.15) is 43.0 Å². The zero-order valence-electron chi connectivity index (χ0n) is 20.7. The Balaban J connectivity index is 1.44. The van der Waals surface area contributed by atoms with E-state index >= 15 is 0 Å². The summed E-state index contributed by atoms with van der Waals surface area (Å²) in [5.41, 5.74) is 11.0. The minimum Gasteiger partial charge on any atom is -0.337 e. The van der Waals surface area contributed by atoms with Crippen LogP contribution in [0.25, 0.3) is 33.6 Å². The second kappa shape index (κ2) is 8.74. The molecule has 1 aliphatic heterocycles. The predicted octanol–water partition coefficient (Wildman–Crippen LogP) is 3.52. The van der Waals surface area contributed by atoms with Gasteiger partial charge in [-0.05, 0) is 61.9 Å². The normalized spacial score (nSPS) is 18.2. The minimum atomic E-state index is -0.117. The number of nitrogens with two attached hydrogens (primary N) is 1. The Kier molecular flexibility index (Phi) is 5.52. The number of anilines is 1. The van der Waals surface area contributed by atoms with Crippen molar-refractivity contribution in [2.75, 3.05) is 18.4 Å². The first kappa shape index (κ1) is 22.7. The quantitative estimate of drug-likeness (QED) is 0.449. The molecule has 0 spiro atoms. The Morgan fingerprint density at radius 2 is 2.00 bits per heavy atom. The van der Waals surface area contributed by atoms with Crippen molar-refractivity contribution in [2.45, 2.75) is 45.2 Å². The highest BCUT2D eigenvalue weighted by Crippen LogP contribution is 2.37. The molecule has 9 nitrogen and oxygen atoms in total. The molecule has 9 heteroatoms. The lowest BCUT2D eigenvalue weighted by Crippen LogP contribution is -2.45. The number of carbonyl (C=O) groups excluding carboxylic acids is 2. The van der Waals surface area contributed by atoms with Crippen LogP contribution in [-0.4, -0.2) is 54.9 Å². The number of likely N-dealkylation sites (tertiary alicyclic amines) is 1. The lowest BCUT2D eigenvalue weighted by atomic mass is 10.1. The van der Waals surface area contributed by atoms with Crippen molar-refractivity contribution >= 4 is 39.6 Å². The highest BCUT2D eigenvalue weighted by Gasteiger charge is 2.27. The first-order valence-electron chi connectivity index (χ1n) is 12.7. The summed E-state index contributed by atoms with van der Waals surface area (Å²) in [6, 6.07) is 9.67. The number of hydrogen-bond donors (Lipinski definition) is 2. The standard InChI is InChI=1S/C27H31N7O2/c1-16(35)30-21-9-10-29-25-20(21)13-24(34(25)14-17-5-6-17)26-31-22-12-18(7-8-23(22)32(26)2)27(36)33-11-3-4-19(28)15-33/h7-10,12-13,17,19H,3-6,11,14-15,28H2,1-2H3,(H,29,30,35)/t19-/m1/s1. The Labute approximate surface area is 209 Å². The Hall–Kier alpha value is -3.72. The molecule has 4 heterocycles. The van der Waals surface area contributed by atoms with Crippen molar-refractivity contribution in [3.63, 3.8) is 0 Å². The zero-order valence-corrected chi connectivity index (χ0v) is 20.7. The van der Waals surface area contributed by atoms with Gasteiger partial charge in [0.05, 0.1) is 22.4 Å². The first-order chi connectivity index (χ1) is 17.4. The van der Waals surface area contributed by atoms with Gasteiger partial charge in [0.25, 0.3) is 5.91 Å². The van der Waals surface area contributed by atoms with Gasteiger partial charge in [-0.2, -0.15) is 0 Å². The van der Waals surface area contributed by atoms with Gasteiger partial charge in [0, 0.05) is 56.8 Å². The highest BCUT2D eigenvalue weighted by atomic mass is 16.2. The molecule has 0 unspecified atom stereocenters. The van der Waals surface area contributed by atoms with E-state index in [1.807, 2.05) is 36.2 Å². The topological polar surface area (TPSA) is 111 Å². The monoisotopic (exact) mass is 485 g/mol. The number of fused-ring (bicyclic) bond motifs is 2. The van der Waals surface area contributed by atoms with Crippen molar-refractivity contribution < 1.29 is 9.59 Å². The molecular weight excluding hydrogens is 454 g/mol. The van der Waals surface area contributed by atoms with E-state index in [-0.39, 0.29) is 17.9 Å². The molecular formula is C27H31N7O2. The van der Waals surface area contributed by atoms with Crippen LogP contribution in [0, 0.1) is 5.92 Å². The van der Waals surface area contributed by atoms with Crippen molar-refractivity contribution in [3.05, 3.63) is 42.1 Å². The Morgan fingerprint density at radius 3 is 2.75 bits per heavy atom. The molecule has 1 saturated heterocycles. The summed E-state index contributed by atoms with van der Waals surface area (Å²) in [4.78, 5) is 36.5. The number of nitrogens with one attached hydrogen (secondary N) is 1. The van der Waals surface area contributed by atoms with Crippen molar-refractivity contribution in [1.29, 1.82) is 0 Å². The van der Waals surface area contributed by atoms with E-state index in [4.69, 9.17) is 10.7 Å². The van der Waals surface area contributed by atoms with Crippen LogP contribution in [-0.2, 0) is 18.4 Å². The van der Waals surface area contributed by atoms with Crippen LogP contribution in [0.2, 0.25) is 0 Å². The van der Waals surface area contributed by atoms with Crippen LogP contribution in [0.4, 0.5) is 5.69 Å². The van der Waals surface area contributed by atoms with Crippen molar-refractivity contribution in [2.24, 2.45) is 18.7 Å². The molecule has 0 bridgehead atoms. The molecule has 36 heavy (non-hydrogen) atoms. The number of imidazole rings is 1. The number of piperidine rings is 1. The SMILES string of the molecule is CC(=O)Nc1ccnc2c1cc(-c1nc3cc(C(=O)N4CCC[C@@H](N)C4)ccc3n1C)n2CC1CC1. The third-order valence-corrected chi connectivity index (χ3v) is 7.35. The first-order valence-corrected chi connectivity index (χ1v) is 12.7. The van der Waals surface area contributed by atoms with Crippen molar-refractivity contribution in [1.82, 2.24) is 24.0 Å². The van der Waals surface area contributed by atoms with Gasteiger partial charge >= 0.3 is 0 Å². The van der Waals surface area contributed by atoms with Gasteiger partial charge in [-0.25, -0.2) is 9.97 Å². The summed E-state index contributed by atoms with van der Waals surface area (Å²) in [5, 5.41) is 3.83. The maximum atomic E-state index is 13.2. The number of aryl methyl sites for hydroxylation is 1. The molecule has 2 aliphatic rings. The van der Waals surface area contributed by atoms with E-state index in [0.29, 0.717) is 18.0 Å². The van der Waals surface area contributed by atoms with E-state index in [9.17, 15) is 9.59 Å². The van der Waals surface area contributed by atoms with Gasteiger partial charge in [0.2, 0.25) is 5.91 Å². The average molecular weight is 486 g/mol. The van der Waals surface area contributed by atoms with E-state index in [1.165, 1.54) is 19.8 Å². The molecule has 0 radical (unpaired) electrons. The number of aromatic nitrogens is 4. The van der Waals surface area contributed by atoms with Crippen LogP contribution < -0.4 is 11.1 Å². The number of rotatable bonds is 5. The molecule has 1 aliphatic carbocycles. The third-order valence-electron chi connectivity index (χ3n) is 7.35. The second-order valence-electron chi connectivity index (χ2n) is 10.2. The Morgan fingerprint density at radius 1 is 1.17 bits per heavy atom. The van der Waals surface area contributed by atoms with Gasteiger partial charge in [-0.15, -0.1) is 0 Å². The smallest absolute Gasteiger partial charge is 0.253 e. The molecule has 2 fully saturated rings. The molecule has 4 aromatic rings. The number of hydrogen-bond acceptors (Lipinski definition) is 5. The van der Waals surface area contributed by atoms with Crippen molar-refractivity contribution in [3.8, 4) is 11.5 Å². The van der Waals surface area contributed by atoms with Crippen LogP contribution in [0.15, 0.2) is 36.5 Å². The minimum absolute atomic E-state index is 0.00579. The number of pyridine rings is 1. The van der Waals surface area contributed by atoms with Crippen LogP contribution in [0.5, 0.6) is 0 Å². The lowest BCUT2D eigenvalue weighted by molar-refractivity contribution is -0.114. The summed E-state index contributed by atoms with van der Waals surface area (Å²) in [7, 11) is 2.00. The zero-order chi connectivity index (χ0) is 25.0. The number of nitrogens with zero attached hydrogens (tertiary/aromatic N) is 5. The lowest BCUT2D eigenvalue weighted by Gasteiger charge is -2.30. The molecule has 2 amide bonds. The summed E-state index contributed by atoms with van der Waals surface area (Å²) in [6.45, 7) is 3.70. The van der Waals surface area contributed by atoms with Gasteiger partial charge in [-0.3, -0.25) is 9.59 Å². The third kappa shape index (κ3) is 4.03. The molecule has 1 atom stereocenters. The molecule has 186 valence electrons. The fraction of sp³-hybridized carbons (Fsp3) is 0.407. The van der Waals surface area contributed by atoms with Crippen LogP contribution in [0.3, 0.4) is 0 Å². The highest BCUT2D eigenvalue weighted by molar-refractivity contribution is 6.02. The van der Waals surface area contributed by atoms with Crippen LogP contribution >= 0.6 is 0 Å². The average Bonchev–Trinajstić information content (AvgIpc) is 3.52. The van der Waals surface area contributed by atoms with E-state index in [2.05, 4.69) is 25.5 Å². The molecule has 3 aromatic heterocycles. The van der Waals surface area contributed by atoms with Gasteiger partial charge in [-0.1, -0.05) is 0 Å².